The SMILES string of the molecule is CN=C(NCc1ccnc(N2CCCCCC2)c1)N1CCC(OCC2CCCO2)CC1.I. The van der Waals surface area contributed by atoms with Crippen LogP contribution >= 0.6 is 24.0 Å². The molecule has 1 atom stereocenters. The van der Waals surface area contributed by atoms with Crippen LogP contribution in [0.25, 0.3) is 0 Å². The van der Waals surface area contributed by atoms with Crippen LogP contribution in [0.4, 0.5) is 5.82 Å². The summed E-state index contributed by atoms with van der Waals surface area (Å²) in [6.45, 7) is 6.61. The Morgan fingerprint density at radius 3 is 2.59 bits per heavy atom. The molecule has 4 rings (SSSR count). The van der Waals surface area contributed by atoms with Gasteiger partial charge in [-0.05, 0) is 56.2 Å². The number of likely N-dealkylation sites (tertiary alicyclic amines) is 1. The van der Waals surface area contributed by atoms with Gasteiger partial charge in [0, 0.05) is 52.6 Å². The minimum Gasteiger partial charge on any atom is -0.376 e. The van der Waals surface area contributed by atoms with Gasteiger partial charge >= 0.3 is 0 Å². The molecule has 180 valence electrons. The Hall–Kier alpha value is -1.13. The van der Waals surface area contributed by atoms with Crippen molar-refractivity contribution in [1.29, 1.82) is 0 Å². The molecule has 3 saturated heterocycles. The van der Waals surface area contributed by atoms with Crippen molar-refractivity contribution >= 4 is 35.8 Å². The van der Waals surface area contributed by atoms with Gasteiger partial charge in [-0.25, -0.2) is 4.98 Å². The second-order valence-corrected chi connectivity index (χ2v) is 8.98. The van der Waals surface area contributed by atoms with Gasteiger partial charge in [0.15, 0.2) is 5.96 Å². The molecule has 1 aromatic rings. The molecule has 0 saturated carbocycles. The molecule has 3 aliphatic heterocycles. The van der Waals surface area contributed by atoms with Crippen LogP contribution in [-0.4, -0.2) is 74.5 Å². The number of anilines is 1. The van der Waals surface area contributed by atoms with E-state index in [1.54, 1.807) is 0 Å². The number of halogens is 1. The molecular formula is C24H40IN5O2. The first-order valence-corrected chi connectivity index (χ1v) is 12.2. The molecule has 0 radical (unpaired) electrons. The third-order valence-electron chi connectivity index (χ3n) is 6.69. The van der Waals surface area contributed by atoms with Crippen molar-refractivity contribution in [2.45, 2.75) is 70.1 Å². The Kier molecular flexibility index (Phi) is 10.8. The second-order valence-electron chi connectivity index (χ2n) is 8.98. The second kappa shape index (κ2) is 13.5. The molecule has 0 amide bonds. The van der Waals surface area contributed by atoms with Crippen molar-refractivity contribution in [2.75, 3.05) is 51.3 Å². The van der Waals surface area contributed by atoms with Crippen molar-refractivity contribution in [3.63, 3.8) is 0 Å². The van der Waals surface area contributed by atoms with Crippen molar-refractivity contribution in [2.24, 2.45) is 4.99 Å². The minimum atomic E-state index is 0. The molecule has 1 N–H and O–H groups in total. The Labute approximate surface area is 210 Å². The fourth-order valence-corrected chi connectivity index (χ4v) is 4.81. The van der Waals surface area contributed by atoms with Crippen LogP contribution in [0.2, 0.25) is 0 Å². The number of hydrogen-bond donors (Lipinski definition) is 1. The Balaban J connectivity index is 0.00000289. The van der Waals surface area contributed by atoms with E-state index in [1.165, 1.54) is 37.7 Å². The third kappa shape index (κ3) is 7.45. The Morgan fingerprint density at radius 1 is 1.12 bits per heavy atom. The molecule has 4 heterocycles. The highest BCUT2D eigenvalue weighted by atomic mass is 127. The van der Waals surface area contributed by atoms with Crippen LogP contribution in [0.3, 0.4) is 0 Å². The fraction of sp³-hybridized carbons (Fsp3) is 0.750. The summed E-state index contributed by atoms with van der Waals surface area (Å²) in [5.74, 6) is 2.09. The number of hydrogen-bond acceptors (Lipinski definition) is 5. The summed E-state index contributed by atoms with van der Waals surface area (Å²) in [5.41, 5.74) is 1.25. The Bertz CT molecular complexity index is 697. The van der Waals surface area contributed by atoms with E-state index in [1.807, 2.05) is 13.2 Å². The zero-order valence-electron chi connectivity index (χ0n) is 19.5. The lowest BCUT2D eigenvalue weighted by atomic mass is 10.1. The normalized spacial score (nSPS) is 23.0. The molecule has 1 unspecified atom stereocenters. The molecule has 0 bridgehead atoms. The first kappa shape index (κ1) is 25.5. The maximum absolute atomic E-state index is 6.11. The third-order valence-corrected chi connectivity index (χ3v) is 6.69. The highest BCUT2D eigenvalue weighted by molar-refractivity contribution is 14.0. The molecule has 0 spiro atoms. The van der Waals surface area contributed by atoms with Gasteiger partial charge in [-0.2, -0.15) is 0 Å². The van der Waals surface area contributed by atoms with Gasteiger partial charge in [-0.3, -0.25) is 4.99 Å². The van der Waals surface area contributed by atoms with E-state index < -0.39 is 0 Å². The molecule has 3 aliphatic rings. The van der Waals surface area contributed by atoms with E-state index in [0.29, 0.717) is 12.2 Å². The summed E-state index contributed by atoms with van der Waals surface area (Å²) >= 11 is 0. The van der Waals surface area contributed by atoms with Gasteiger partial charge in [0.25, 0.3) is 0 Å². The zero-order chi connectivity index (χ0) is 21.3. The van der Waals surface area contributed by atoms with Gasteiger partial charge < -0.3 is 24.6 Å². The van der Waals surface area contributed by atoms with Crippen LogP contribution in [0, 0.1) is 0 Å². The fourth-order valence-electron chi connectivity index (χ4n) is 4.81. The molecule has 0 aliphatic carbocycles. The first-order valence-electron chi connectivity index (χ1n) is 12.2. The monoisotopic (exact) mass is 557 g/mol. The molecule has 32 heavy (non-hydrogen) atoms. The maximum atomic E-state index is 6.11. The number of nitrogens with zero attached hydrogens (tertiary/aromatic N) is 4. The van der Waals surface area contributed by atoms with Crippen molar-refractivity contribution in [1.82, 2.24) is 15.2 Å². The number of aromatic nitrogens is 1. The quantitative estimate of drug-likeness (QED) is 0.326. The minimum absolute atomic E-state index is 0. The molecule has 0 aromatic carbocycles. The van der Waals surface area contributed by atoms with Gasteiger partial charge in [-0.15, -0.1) is 24.0 Å². The van der Waals surface area contributed by atoms with E-state index in [9.17, 15) is 0 Å². The van der Waals surface area contributed by atoms with Crippen molar-refractivity contribution < 1.29 is 9.47 Å². The van der Waals surface area contributed by atoms with Crippen LogP contribution < -0.4 is 10.2 Å². The smallest absolute Gasteiger partial charge is 0.193 e. The summed E-state index contributed by atoms with van der Waals surface area (Å²) in [5, 5.41) is 3.56. The summed E-state index contributed by atoms with van der Waals surface area (Å²) in [7, 11) is 1.87. The number of piperidine rings is 1. The topological polar surface area (TPSA) is 62.2 Å². The number of rotatable bonds is 6. The Morgan fingerprint density at radius 2 is 1.91 bits per heavy atom. The predicted octanol–water partition coefficient (Wildman–Crippen LogP) is 3.82. The van der Waals surface area contributed by atoms with Crippen LogP contribution in [-0.2, 0) is 16.0 Å². The van der Waals surface area contributed by atoms with E-state index in [-0.39, 0.29) is 24.0 Å². The lowest BCUT2D eigenvalue weighted by molar-refractivity contribution is -0.0367. The van der Waals surface area contributed by atoms with E-state index in [2.05, 4.69) is 37.2 Å². The van der Waals surface area contributed by atoms with E-state index in [0.717, 1.165) is 77.0 Å². The average Bonchev–Trinajstić information content (AvgIpc) is 3.19. The number of aliphatic imine (C=N–C) groups is 1. The molecule has 7 nitrogen and oxygen atoms in total. The van der Waals surface area contributed by atoms with Gasteiger partial charge in [0.2, 0.25) is 0 Å². The van der Waals surface area contributed by atoms with E-state index >= 15 is 0 Å². The number of pyridine rings is 1. The summed E-state index contributed by atoms with van der Waals surface area (Å²) < 4.78 is 11.8. The number of nitrogens with one attached hydrogen (secondary N) is 1. The largest absolute Gasteiger partial charge is 0.376 e. The summed E-state index contributed by atoms with van der Waals surface area (Å²) in [6, 6.07) is 4.34. The molecule has 1 aromatic heterocycles. The number of guanidine groups is 1. The zero-order valence-corrected chi connectivity index (χ0v) is 21.8. The first-order chi connectivity index (χ1) is 15.3. The van der Waals surface area contributed by atoms with Crippen molar-refractivity contribution in [3.05, 3.63) is 23.9 Å². The van der Waals surface area contributed by atoms with Crippen LogP contribution in [0.15, 0.2) is 23.3 Å². The lowest BCUT2D eigenvalue weighted by Gasteiger charge is -2.34. The van der Waals surface area contributed by atoms with Crippen molar-refractivity contribution in [3.8, 4) is 0 Å². The molecular weight excluding hydrogens is 517 g/mol. The molecule has 8 heteroatoms. The van der Waals surface area contributed by atoms with Crippen LogP contribution in [0.5, 0.6) is 0 Å². The van der Waals surface area contributed by atoms with Gasteiger partial charge in [-0.1, -0.05) is 12.8 Å². The maximum Gasteiger partial charge on any atom is 0.193 e. The highest BCUT2D eigenvalue weighted by Crippen LogP contribution is 2.19. The summed E-state index contributed by atoms with van der Waals surface area (Å²) in [4.78, 5) is 13.9. The lowest BCUT2D eigenvalue weighted by Crippen LogP contribution is -2.47. The van der Waals surface area contributed by atoms with Gasteiger partial charge in [0.05, 0.1) is 18.8 Å². The standard InChI is InChI=1S/C24H39N5O2.HI/c1-25-24(29-14-9-21(10-15-29)31-19-22-7-6-16-30-22)27-18-20-8-11-26-23(17-20)28-12-4-2-3-5-13-28;/h8,11,17,21-22H,2-7,9-10,12-16,18-19H2,1H3,(H,25,27);1H. The number of ether oxygens (including phenoxy) is 2. The average molecular weight is 558 g/mol. The van der Waals surface area contributed by atoms with Gasteiger partial charge in [0.1, 0.15) is 5.82 Å². The summed E-state index contributed by atoms with van der Waals surface area (Å²) in [6.07, 6.45) is 12.2. The van der Waals surface area contributed by atoms with Crippen LogP contribution in [0.1, 0.15) is 56.9 Å². The van der Waals surface area contributed by atoms with E-state index in [4.69, 9.17) is 9.47 Å². The highest BCUT2D eigenvalue weighted by Gasteiger charge is 2.24. The molecule has 3 fully saturated rings. The predicted molar refractivity (Wildman–Crippen MR) is 140 cm³/mol.